The lowest BCUT2D eigenvalue weighted by Crippen LogP contribution is -2.13. The quantitative estimate of drug-likeness (QED) is 0.850. The van der Waals surface area contributed by atoms with Gasteiger partial charge in [-0.2, -0.15) is 0 Å². The van der Waals surface area contributed by atoms with Crippen molar-refractivity contribution in [2.45, 2.75) is 20.3 Å². The number of aromatic nitrogens is 1. The molecule has 1 aromatic heterocycles. The van der Waals surface area contributed by atoms with Gasteiger partial charge in [0.25, 0.3) is 5.91 Å². The number of aryl methyl sites for hydroxylation is 1. The lowest BCUT2D eigenvalue weighted by molar-refractivity contribution is 0.102. The molecule has 0 aliphatic carbocycles. The zero-order chi connectivity index (χ0) is 15.2. The number of benzene rings is 1. The van der Waals surface area contributed by atoms with Gasteiger partial charge in [0.2, 0.25) is 0 Å². The average molecular weight is 348 g/mol. The van der Waals surface area contributed by atoms with Gasteiger partial charge < -0.3 is 10.6 Å². The highest BCUT2D eigenvalue weighted by Gasteiger charge is 2.08. The molecule has 110 valence electrons. The predicted octanol–water partition coefficient (Wildman–Crippen LogP) is 4.23. The molecule has 1 amide bonds. The minimum absolute atomic E-state index is 0.161. The molecule has 0 spiro atoms. The van der Waals surface area contributed by atoms with Gasteiger partial charge in [-0.15, -0.1) is 0 Å². The summed E-state index contributed by atoms with van der Waals surface area (Å²) in [6.45, 7) is 4.92. The van der Waals surface area contributed by atoms with Crippen molar-refractivity contribution in [2.75, 3.05) is 17.2 Å². The number of hydrogen-bond donors (Lipinski definition) is 2. The molecule has 4 nitrogen and oxygen atoms in total. The Morgan fingerprint density at radius 2 is 2.10 bits per heavy atom. The number of carbonyl (C=O) groups excluding carboxylic acids is 1. The van der Waals surface area contributed by atoms with Crippen LogP contribution in [-0.4, -0.2) is 17.4 Å². The first-order valence-corrected chi connectivity index (χ1v) is 7.67. The number of rotatable bonds is 5. The van der Waals surface area contributed by atoms with Crippen LogP contribution in [0.25, 0.3) is 0 Å². The minimum Gasteiger partial charge on any atom is -0.370 e. The second-order valence-electron chi connectivity index (χ2n) is 4.77. The number of nitrogens with zero attached hydrogens (tertiary/aromatic N) is 1. The van der Waals surface area contributed by atoms with Gasteiger partial charge in [-0.05, 0) is 43.2 Å². The average Bonchev–Trinajstić information content (AvgIpc) is 2.49. The number of pyridine rings is 1. The van der Waals surface area contributed by atoms with Crippen LogP contribution in [0.4, 0.5) is 11.5 Å². The molecule has 1 aromatic carbocycles. The van der Waals surface area contributed by atoms with Gasteiger partial charge in [-0.25, -0.2) is 4.98 Å². The third kappa shape index (κ3) is 4.29. The van der Waals surface area contributed by atoms with Gasteiger partial charge in [0.05, 0.1) is 5.56 Å². The van der Waals surface area contributed by atoms with Crippen molar-refractivity contribution >= 4 is 33.3 Å². The van der Waals surface area contributed by atoms with E-state index in [1.165, 1.54) is 0 Å². The molecule has 2 aromatic rings. The fourth-order valence-corrected chi connectivity index (χ4v) is 2.17. The Morgan fingerprint density at radius 1 is 1.29 bits per heavy atom. The maximum Gasteiger partial charge on any atom is 0.257 e. The van der Waals surface area contributed by atoms with Gasteiger partial charge in [0.1, 0.15) is 5.82 Å². The summed E-state index contributed by atoms with van der Waals surface area (Å²) in [6, 6.07) is 9.38. The summed E-state index contributed by atoms with van der Waals surface area (Å²) < 4.78 is 0.931. The number of anilines is 2. The summed E-state index contributed by atoms with van der Waals surface area (Å²) in [5, 5.41) is 6.08. The maximum atomic E-state index is 12.2. The molecule has 0 unspecified atom stereocenters. The van der Waals surface area contributed by atoms with Crippen molar-refractivity contribution in [2.24, 2.45) is 0 Å². The zero-order valence-corrected chi connectivity index (χ0v) is 13.7. The van der Waals surface area contributed by atoms with E-state index in [2.05, 4.69) is 38.5 Å². The first kappa shape index (κ1) is 15.5. The smallest absolute Gasteiger partial charge is 0.257 e. The van der Waals surface area contributed by atoms with Crippen molar-refractivity contribution in [1.29, 1.82) is 0 Å². The van der Waals surface area contributed by atoms with Crippen molar-refractivity contribution < 1.29 is 4.79 Å². The van der Waals surface area contributed by atoms with E-state index in [0.29, 0.717) is 5.56 Å². The summed E-state index contributed by atoms with van der Waals surface area (Å²) in [5.74, 6) is 0.623. The highest BCUT2D eigenvalue weighted by atomic mass is 79.9. The van der Waals surface area contributed by atoms with Crippen LogP contribution in [0.3, 0.4) is 0 Å². The number of halogens is 1. The predicted molar refractivity (Wildman–Crippen MR) is 89.8 cm³/mol. The molecule has 0 radical (unpaired) electrons. The molecule has 2 N–H and O–H groups in total. The van der Waals surface area contributed by atoms with E-state index >= 15 is 0 Å². The molecule has 1 heterocycles. The van der Waals surface area contributed by atoms with E-state index in [1.54, 1.807) is 12.3 Å². The van der Waals surface area contributed by atoms with Gasteiger partial charge in [-0.3, -0.25) is 4.79 Å². The van der Waals surface area contributed by atoms with Gasteiger partial charge in [-0.1, -0.05) is 28.9 Å². The molecule has 5 heteroatoms. The summed E-state index contributed by atoms with van der Waals surface area (Å²) in [5.41, 5.74) is 2.35. The summed E-state index contributed by atoms with van der Waals surface area (Å²) in [7, 11) is 0. The van der Waals surface area contributed by atoms with Gasteiger partial charge in [0, 0.05) is 22.9 Å². The maximum absolute atomic E-state index is 12.2. The van der Waals surface area contributed by atoms with Crippen LogP contribution in [0.2, 0.25) is 0 Å². The fourth-order valence-electron chi connectivity index (χ4n) is 1.81. The number of amides is 1. The van der Waals surface area contributed by atoms with Gasteiger partial charge >= 0.3 is 0 Å². The Hall–Kier alpha value is -1.88. The first-order chi connectivity index (χ1) is 10.1. The Labute approximate surface area is 133 Å². The van der Waals surface area contributed by atoms with Crippen molar-refractivity contribution in [3.05, 3.63) is 52.1 Å². The van der Waals surface area contributed by atoms with E-state index in [-0.39, 0.29) is 5.91 Å². The van der Waals surface area contributed by atoms with Gasteiger partial charge in [0.15, 0.2) is 0 Å². The molecular formula is C16H18BrN3O. The van der Waals surface area contributed by atoms with E-state index in [4.69, 9.17) is 0 Å². The van der Waals surface area contributed by atoms with E-state index in [1.807, 2.05) is 31.2 Å². The van der Waals surface area contributed by atoms with E-state index in [9.17, 15) is 4.79 Å². The van der Waals surface area contributed by atoms with E-state index < -0.39 is 0 Å². The Bertz CT molecular complexity index is 626. The Kier molecular flexibility index (Phi) is 5.33. The normalized spacial score (nSPS) is 10.2. The van der Waals surface area contributed by atoms with Crippen LogP contribution in [0.1, 0.15) is 29.3 Å². The monoisotopic (exact) mass is 347 g/mol. The van der Waals surface area contributed by atoms with Crippen LogP contribution in [0.15, 0.2) is 41.0 Å². The molecule has 0 aliphatic heterocycles. The molecule has 2 rings (SSSR count). The lowest BCUT2D eigenvalue weighted by atomic mass is 10.2. The molecule has 0 fully saturated rings. The van der Waals surface area contributed by atoms with Crippen molar-refractivity contribution in [1.82, 2.24) is 4.98 Å². The zero-order valence-electron chi connectivity index (χ0n) is 12.1. The first-order valence-electron chi connectivity index (χ1n) is 6.87. The molecule has 0 saturated carbocycles. The molecule has 0 atom stereocenters. The highest BCUT2D eigenvalue weighted by Crippen LogP contribution is 2.21. The second kappa shape index (κ2) is 7.22. The molecular weight excluding hydrogens is 330 g/mol. The van der Waals surface area contributed by atoms with E-state index in [0.717, 1.165) is 34.5 Å². The van der Waals surface area contributed by atoms with Crippen LogP contribution in [0.5, 0.6) is 0 Å². The van der Waals surface area contributed by atoms with Crippen LogP contribution >= 0.6 is 15.9 Å². The summed E-state index contributed by atoms with van der Waals surface area (Å²) in [4.78, 5) is 16.5. The standard InChI is InChI=1S/C16H18BrN3O/c1-3-8-18-15-7-5-12(10-19-15)16(21)20-14-9-13(17)6-4-11(14)2/h4-7,9-10H,3,8H2,1-2H3,(H,18,19)(H,20,21). The van der Waals surface area contributed by atoms with Crippen molar-refractivity contribution in [3.8, 4) is 0 Å². The Balaban J connectivity index is 2.07. The Morgan fingerprint density at radius 3 is 2.76 bits per heavy atom. The summed E-state index contributed by atoms with van der Waals surface area (Å²) >= 11 is 3.40. The second-order valence-corrected chi connectivity index (χ2v) is 5.69. The number of nitrogens with one attached hydrogen (secondary N) is 2. The lowest BCUT2D eigenvalue weighted by Gasteiger charge is -2.09. The molecule has 0 saturated heterocycles. The topological polar surface area (TPSA) is 54.0 Å². The minimum atomic E-state index is -0.161. The van der Waals surface area contributed by atoms with Crippen LogP contribution in [-0.2, 0) is 0 Å². The summed E-state index contributed by atoms with van der Waals surface area (Å²) in [6.07, 6.45) is 2.62. The SMILES string of the molecule is CCCNc1ccc(C(=O)Nc2cc(Br)ccc2C)cn1. The largest absolute Gasteiger partial charge is 0.370 e. The molecule has 0 bridgehead atoms. The van der Waals surface area contributed by atoms with Crippen molar-refractivity contribution in [3.63, 3.8) is 0 Å². The highest BCUT2D eigenvalue weighted by molar-refractivity contribution is 9.10. The molecule has 21 heavy (non-hydrogen) atoms. The number of hydrogen-bond acceptors (Lipinski definition) is 3. The third-order valence-electron chi connectivity index (χ3n) is 3.03. The van der Waals surface area contributed by atoms with Crippen LogP contribution in [0, 0.1) is 6.92 Å². The molecule has 0 aliphatic rings. The fraction of sp³-hybridized carbons (Fsp3) is 0.250. The number of carbonyl (C=O) groups is 1. The third-order valence-corrected chi connectivity index (χ3v) is 3.52. The van der Waals surface area contributed by atoms with Crippen LogP contribution < -0.4 is 10.6 Å².